The predicted molar refractivity (Wildman–Crippen MR) is 94.6 cm³/mol. The number of H-pyrrole nitrogens is 2. The van der Waals surface area contributed by atoms with Crippen molar-refractivity contribution in [2.75, 3.05) is 0 Å². The first-order valence-electron chi connectivity index (χ1n) is 8.60. The fourth-order valence-corrected chi connectivity index (χ4v) is 4.20. The van der Waals surface area contributed by atoms with Gasteiger partial charge in [-0.05, 0) is 43.4 Å². The topological polar surface area (TPSA) is 102 Å². The number of rotatable bonds is 3. The predicted octanol–water partition coefficient (Wildman–Crippen LogP) is 2.88. The molecule has 0 aliphatic heterocycles. The fraction of sp³-hybridized carbons (Fsp3) is 0.368. The van der Waals surface area contributed by atoms with Gasteiger partial charge in [-0.1, -0.05) is 24.6 Å². The molecule has 1 saturated carbocycles. The summed E-state index contributed by atoms with van der Waals surface area (Å²) >= 11 is 0. The highest BCUT2D eigenvalue weighted by molar-refractivity contribution is 5.82. The molecule has 2 heterocycles. The summed E-state index contributed by atoms with van der Waals surface area (Å²) in [5.74, 6) is -0.270. The number of imidazole rings is 1. The standard InChI is InChI=1S/C19H21N3O3/c1-10-9-14(11-5-2-3-8-15(11)20-10)17(23)13-7-4-6-12(13)16-18(24)22-19(25)21-16/h2-3,5,8-9,12-13,17,23-24H,4,6-7H2,1H3,(H2,21,22,25). The monoisotopic (exact) mass is 339 g/mol. The van der Waals surface area contributed by atoms with E-state index in [1.54, 1.807) is 0 Å². The summed E-state index contributed by atoms with van der Waals surface area (Å²) in [5.41, 5.74) is 2.67. The molecule has 3 aromatic rings. The number of fused-ring (bicyclic) bond motifs is 1. The van der Waals surface area contributed by atoms with Crippen LogP contribution in [0.15, 0.2) is 35.1 Å². The molecule has 1 fully saturated rings. The number of pyridine rings is 1. The highest BCUT2D eigenvalue weighted by atomic mass is 16.3. The molecule has 6 nitrogen and oxygen atoms in total. The Hall–Kier alpha value is -2.60. The third-order valence-corrected chi connectivity index (χ3v) is 5.28. The third-order valence-electron chi connectivity index (χ3n) is 5.28. The number of hydrogen-bond donors (Lipinski definition) is 4. The number of aliphatic hydroxyl groups excluding tert-OH is 1. The van der Waals surface area contributed by atoms with E-state index >= 15 is 0 Å². The number of aliphatic hydroxyl groups is 1. The van der Waals surface area contributed by atoms with E-state index in [1.807, 2.05) is 37.3 Å². The van der Waals surface area contributed by atoms with Gasteiger partial charge < -0.3 is 15.2 Å². The molecule has 4 rings (SSSR count). The van der Waals surface area contributed by atoms with Crippen LogP contribution in [0.4, 0.5) is 0 Å². The summed E-state index contributed by atoms with van der Waals surface area (Å²) in [4.78, 5) is 21.1. The van der Waals surface area contributed by atoms with Gasteiger partial charge in [0.05, 0.1) is 17.3 Å². The van der Waals surface area contributed by atoms with Crippen LogP contribution < -0.4 is 5.69 Å². The average Bonchev–Trinajstić information content (AvgIpc) is 3.19. The molecular weight excluding hydrogens is 318 g/mol. The number of aromatic hydroxyl groups is 1. The minimum absolute atomic E-state index is 0.0671. The van der Waals surface area contributed by atoms with Crippen molar-refractivity contribution in [3.8, 4) is 5.88 Å². The van der Waals surface area contributed by atoms with E-state index in [9.17, 15) is 15.0 Å². The summed E-state index contributed by atoms with van der Waals surface area (Å²) < 4.78 is 0. The SMILES string of the molecule is Cc1cc(C(O)C2CCCC2c2[nH]c(=O)[nH]c2O)c2ccccc2n1. The van der Waals surface area contributed by atoms with Gasteiger partial charge in [0.1, 0.15) is 0 Å². The lowest BCUT2D eigenvalue weighted by atomic mass is 9.84. The van der Waals surface area contributed by atoms with E-state index in [4.69, 9.17) is 0 Å². The van der Waals surface area contributed by atoms with Crippen LogP contribution in [0.25, 0.3) is 10.9 Å². The van der Waals surface area contributed by atoms with Crippen molar-refractivity contribution in [3.05, 3.63) is 57.8 Å². The van der Waals surface area contributed by atoms with E-state index in [0.29, 0.717) is 5.69 Å². The first-order chi connectivity index (χ1) is 12.0. The van der Waals surface area contributed by atoms with Gasteiger partial charge in [0.25, 0.3) is 0 Å². The Balaban J connectivity index is 1.76. The largest absolute Gasteiger partial charge is 0.493 e. The Bertz CT molecular complexity index is 975. The Labute approximate surface area is 144 Å². The van der Waals surface area contributed by atoms with Crippen LogP contribution in [0, 0.1) is 12.8 Å². The van der Waals surface area contributed by atoms with E-state index in [1.165, 1.54) is 0 Å². The number of aryl methyl sites for hydroxylation is 1. The lowest BCUT2D eigenvalue weighted by Crippen LogP contribution is -2.18. The summed E-state index contributed by atoms with van der Waals surface area (Å²) in [6, 6.07) is 9.73. The molecule has 0 spiro atoms. The van der Waals surface area contributed by atoms with E-state index in [2.05, 4.69) is 15.0 Å². The summed E-state index contributed by atoms with van der Waals surface area (Å²) in [7, 11) is 0. The molecule has 6 heteroatoms. The first kappa shape index (κ1) is 15.9. The second-order valence-electron chi connectivity index (χ2n) is 6.86. The lowest BCUT2D eigenvalue weighted by molar-refractivity contribution is 0.102. The molecule has 3 atom stereocenters. The molecular formula is C19H21N3O3. The molecule has 0 bridgehead atoms. The fourth-order valence-electron chi connectivity index (χ4n) is 4.20. The second-order valence-corrected chi connectivity index (χ2v) is 6.86. The number of benzene rings is 1. The van der Waals surface area contributed by atoms with Crippen molar-refractivity contribution in [2.24, 2.45) is 5.92 Å². The van der Waals surface area contributed by atoms with Crippen molar-refractivity contribution >= 4 is 10.9 Å². The maximum atomic E-state index is 11.5. The molecule has 4 N–H and O–H groups in total. The number of aromatic amines is 2. The number of hydrogen-bond acceptors (Lipinski definition) is 4. The number of nitrogens with zero attached hydrogens (tertiary/aromatic N) is 1. The van der Waals surface area contributed by atoms with Gasteiger partial charge in [-0.15, -0.1) is 0 Å². The van der Waals surface area contributed by atoms with Gasteiger partial charge in [0.2, 0.25) is 5.88 Å². The maximum Gasteiger partial charge on any atom is 0.325 e. The van der Waals surface area contributed by atoms with Crippen molar-refractivity contribution in [2.45, 2.75) is 38.2 Å². The van der Waals surface area contributed by atoms with Crippen LogP contribution in [0.1, 0.15) is 48.2 Å². The van der Waals surface area contributed by atoms with Gasteiger partial charge >= 0.3 is 5.69 Å². The number of aromatic nitrogens is 3. The first-order valence-corrected chi connectivity index (χ1v) is 8.60. The zero-order valence-electron chi connectivity index (χ0n) is 14.0. The Kier molecular flexibility index (Phi) is 3.84. The molecule has 2 aromatic heterocycles. The van der Waals surface area contributed by atoms with E-state index in [-0.39, 0.29) is 17.7 Å². The quantitative estimate of drug-likeness (QED) is 0.589. The van der Waals surface area contributed by atoms with Crippen LogP contribution in [-0.4, -0.2) is 25.2 Å². The van der Waals surface area contributed by atoms with E-state index in [0.717, 1.165) is 41.4 Å². The van der Waals surface area contributed by atoms with Crippen LogP contribution in [-0.2, 0) is 0 Å². The van der Waals surface area contributed by atoms with Crippen molar-refractivity contribution in [3.63, 3.8) is 0 Å². The molecule has 25 heavy (non-hydrogen) atoms. The summed E-state index contributed by atoms with van der Waals surface area (Å²) in [6.07, 6.45) is 1.93. The molecule has 1 aliphatic rings. The maximum absolute atomic E-state index is 11.5. The minimum atomic E-state index is -0.683. The van der Waals surface area contributed by atoms with Gasteiger partial charge in [-0.3, -0.25) is 9.97 Å². The van der Waals surface area contributed by atoms with Crippen LogP contribution in [0.2, 0.25) is 0 Å². The molecule has 130 valence electrons. The van der Waals surface area contributed by atoms with Gasteiger partial charge in [-0.2, -0.15) is 0 Å². The van der Waals surface area contributed by atoms with Crippen LogP contribution in [0.3, 0.4) is 0 Å². The average molecular weight is 339 g/mol. The highest BCUT2D eigenvalue weighted by Gasteiger charge is 2.37. The normalized spacial score (nSPS) is 21.7. The summed E-state index contributed by atoms with van der Waals surface area (Å²) in [6.45, 7) is 1.92. The molecule has 3 unspecified atom stereocenters. The molecule has 0 saturated heterocycles. The summed E-state index contributed by atoms with van der Waals surface area (Å²) in [5, 5.41) is 22.1. The molecule has 1 aromatic carbocycles. The highest BCUT2D eigenvalue weighted by Crippen LogP contribution is 2.47. The van der Waals surface area contributed by atoms with Gasteiger partial charge in [0, 0.05) is 17.0 Å². The Morgan fingerprint density at radius 3 is 2.80 bits per heavy atom. The van der Waals surface area contributed by atoms with E-state index < -0.39 is 11.8 Å². The van der Waals surface area contributed by atoms with Crippen LogP contribution >= 0.6 is 0 Å². The minimum Gasteiger partial charge on any atom is -0.493 e. The van der Waals surface area contributed by atoms with Crippen LogP contribution in [0.5, 0.6) is 5.88 Å². The molecule has 0 radical (unpaired) electrons. The third kappa shape index (κ3) is 2.72. The zero-order chi connectivity index (χ0) is 17.6. The zero-order valence-corrected chi connectivity index (χ0v) is 14.0. The Morgan fingerprint density at radius 2 is 2.04 bits per heavy atom. The second kappa shape index (κ2) is 6.04. The van der Waals surface area contributed by atoms with Crippen molar-refractivity contribution in [1.29, 1.82) is 0 Å². The van der Waals surface area contributed by atoms with Gasteiger partial charge in [0.15, 0.2) is 0 Å². The smallest absolute Gasteiger partial charge is 0.325 e. The van der Waals surface area contributed by atoms with Gasteiger partial charge in [-0.25, -0.2) is 4.79 Å². The van der Waals surface area contributed by atoms with Crippen molar-refractivity contribution in [1.82, 2.24) is 15.0 Å². The molecule has 1 aliphatic carbocycles. The molecule has 0 amide bonds. The van der Waals surface area contributed by atoms with Crippen molar-refractivity contribution < 1.29 is 10.2 Å². The number of nitrogens with one attached hydrogen (secondary N) is 2. The lowest BCUT2D eigenvalue weighted by Gasteiger charge is -2.25. The Morgan fingerprint density at radius 1 is 1.24 bits per heavy atom. The number of para-hydroxylation sites is 1.